The van der Waals surface area contributed by atoms with Gasteiger partial charge in [-0.15, -0.1) is 12.4 Å². The van der Waals surface area contributed by atoms with Gasteiger partial charge in [-0.05, 0) is 23.0 Å². The molecule has 0 amide bonds. The van der Waals surface area contributed by atoms with Crippen LogP contribution in [0.25, 0.3) is 0 Å². The summed E-state index contributed by atoms with van der Waals surface area (Å²) in [6.07, 6.45) is 4.32. The molecule has 0 aromatic rings. The lowest BCUT2D eigenvalue weighted by Gasteiger charge is -2.12. The van der Waals surface area contributed by atoms with Gasteiger partial charge in [0.2, 0.25) is 0 Å². The zero-order valence-electron chi connectivity index (χ0n) is 6.08. The van der Waals surface area contributed by atoms with E-state index in [1.165, 1.54) is 4.91 Å². The second-order valence-corrected chi connectivity index (χ2v) is 4.52. The van der Waals surface area contributed by atoms with Gasteiger partial charge in [0.05, 0.1) is 0 Å². The fourth-order valence-electron chi connectivity index (χ4n) is 0.889. The first kappa shape index (κ1) is 10.1. The van der Waals surface area contributed by atoms with E-state index in [9.17, 15) is 0 Å². The highest BCUT2D eigenvalue weighted by molar-refractivity contribution is 8.23. The summed E-state index contributed by atoms with van der Waals surface area (Å²) in [5, 5.41) is 2.28. The van der Waals surface area contributed by atoms with Crippen molar-refractivity contribution >= 4 is 23.3 Å². The number of hydrogen-bond acceptors (Lipinski definition) is 1. The molecule has 1 aliphatic heterocycles. The summed E-state index contributed by atoms with van der Waals surface area (Å²) >= 11 is 0. The van der Waals surface area contributed by atoms with E-state index in [0.717, 1.165) is 12.3 Å². The summed E-state index contributed by atoms with van der Waals surface area (Å²) in [7, 11) is 0.0491. The van der Waals surface area contributed by atoms with Gasteiger partial charge in [0.1, 0.15) is 0 Å². The van der Waals surface area contributed by atoms with Crippen LogP contribution < -0.4 is 5.73 Å². The average Bonchev–Trinajstić information content (AvgIpc) is 2.18. The number of nitrogens with two attached hydrogens (primary N) is 1. The molecular formula is C7H14ClNS. The monoisotopic (exact) mass is 179 g/mol. The Labute approximate surface area is 71.1 Å². The molecule has 0 aliphatic carbocycles. The van der Waals surface area contributed by atoms with Crippen LogP contribution in [0.3, 0.4) is 0 Å². The first-order valence-corrected chi connectivity index (χ1v) is 4.76. The predicted octanol–water partition coefficient (Wildman–Crippen LogP) is 1.80. The van der Waals surface area contributed by atoms with Crippen molar-refractivity contribution in [2.24, 2.45) is 5.73 Å². The molecule has 1 rings (SSSR count). The van der Waals surface area contributed by atoms with Gasteiger partial charge in [0, 0.05) is 6.54 Å². The van der Waals surface area contributed by atoms with E-state index >= 15 is 0 Å². The van der Waals surface area contributed by atoms with Crippen molar-refractivity contribution < 1.29 is 0 Å². The summed E-state index contributed by atoms with van der Waals surface area (Å²) in [6, 6.07) is 0. The SMILES string of the molecule is CC1=CC=C[SH]1CCN.Cl. The Kier molecular flexibility index (Phi) is 4.87. The summed E-state index contributed by atoms with van der Waals surface area (Å²) in [4.78, 5) is 1.51. The summed E-state index contributed by atoms with van der Waals surface area (Å²) < 4.78 is 0. The van der Waals surface area contributed by atoms with E-state index in [1.54, 1.807) is 0 Å². The van der Waals surface area contributed by atoms with Crippen LogP contribution in [0.15, 0.2) is 22.5 Å². The second-order valence-electron chi connectivity index (χ2n) is 2.13. The molecule has 60 valence electrons. The van der Waals surface area contributed by atoms with Gasteiger partial charge in [-0.2, -0.15) is 0 Å². The Morgan fingerprint density at radius 2 is 2.30 bits per heavy atom. The molecule has 0 fully saturated rings. The molecule has 0 saturated carbocycles. The molecule has 0 aromatic heterocycles. The Hall–Kier alpha value is 0.0800. The third kappa shape index (κ3) is 2.37. The van der Waals surface area contributed by atoms with Gasteiger partial charge >= 0.3 is 0 Å². The van der Waals surface area contributed by atoms with Crippen LogP contribution in [-0.4, -0.2) is 12.3 Å². The van der Waals surface area contributed by atoms with Crippen molar-refractivity contribution in [3.8, 4) is 0 Å². The van der Waals surface area contributed by atoms with Crippen LogP contribution in [0.1, 0.15) is 6.92 Å². The lowest BCUT2D eigenvalue weighted by atomic mass is 10.5. The van der Waals surface area contributed by atoms with Crippen LogP contribution in [0.2, 0.25) is 0 Å². The number of rotatable bonds is 2. The average molecular weight is 180 g/mol. The standard InChI is InChI=1S/C7H13NS.ClH/c1-7-3-2-5-9(7)6-4-8;/h2-3,5,9H,4,6,8H2,1H3;1H. The smallest absolute Gasteiger partial charge is 0.000293 e. The number of halogens is 1. The van der Waals surface area contributed by atoms with Gasteiger partial charge in [0.25, 0.3) is 0 Å². The quantitative estimate of drug-likeness (QED) is 0.622. The topological polar surface area (TPSA) is 26.0 Å². The molecule has 0 bridgehead atoms. The maximum absolute atomic E-state index is 5.43. The third-order valence-electron chi connectivity index (χ3n) is 1.43. The van der Waals surface area contributed by atoms with Crippen molar-refractivity contribution in [3.63, 3.8) is 0 Å². The van der Waals surface area contributed by atoms with Crippen molar-refractivity contribution in [1.82, 2.24) is 0 Å². The van der Waals surface area contributed by atoms with Crippen molar-refractivity contribution in [2.75, 3.05) is 12.3 Å². The first-order valence-electron chi connectivity index (χ1n) is 3.16. The molecule has 0 saturated heterocycles. The van der Waals surface area contributed by atoms with Crippen molar-refractivity contribution in [3.05, 3.63) is 22.5 Å². The molecule has 0 radical (unpaired) electrons. The van der Waals surface area contributed by atoms with Crippen LogP contribution in [0, 0.1) is 0 Å². The zero-order chi connectivity index (χ0) is 6.69. The fraction of sp³-hybridized carbons (Fsp3) is 0.429. The van der Waals surface area contributed by atoms with Crippen LogP contribution in [-0.2, 0) is 0 Å². The molecule has 1 atom stereocenters. The van der Waals surface area contributed by atoms with Gasteiger partial charge in [-0.25, -0.2) is 10.9 Å². The number of hydrogen-bond donors (Lipinski definition) is 2. The largest absolute Gasteiger partial charge is 0.330 e. The zero-order valence-corrected chi connectivity index (χ0v) is 7.79. The minimum atomic E-state index is 0. The van der Waals surface area contributed by atoms with E-state index in [2.05, 4.69) is 24.5 Å². The molecule has 1 aliphatic rings. The Morgan fingerprint density at radius 1 is 1.60 bits per heavy atom. The van der Waals surface area contributed by atoms with Gasteiger partial charge in [0.15, 0.2) is 0 Å². The third-order valence-corrected chi connectivity index (χ3v) is 3.75. The minimum Gasteiger partial charge on any atom is -0.330 e. The number of allylic oxidation sites excluding steroid dienone is 3. The van der Waals surface area contributed by atoms with E-state index in [0.29, 0.717) is 0 Å². The summed E-state index contributed by atoms with van der Waals surface area (Å²) in [5.41, 5.74) is 5.43. The molecule has 1 nitrogen and oxygen atoms in total. The first-order chi connectivity index (χ1) is 4.34. The van der Waals surface area contributed by atoms with Gasteiger partial charge < -0.3 is 5.73 Å². The lowest BCUT2D eigenvalue weighted by Crippen LogP contribution is -2.03. The molecule has 3 heteroatoms. The van der Waals surface area contributed by atoms with E-state index < -0.39 is 0 Å². The highest BCUT2D eigenvalue weighted by atomic mass is 35.5. The van der Waals surface area contributed by atoms with E-state index in [1.807, 2.05) is 0 Å². The van der Waals surface area contributed by atoms with E-state index in [-0.39, 0.29) is 23.3 Å². The normalized spacial score (nSPS) is 25.8. The Morgan fingerprint density at radius 3 is 2.70 bits per heavy atom. The molecule has 2 N–H and O–H groups in total. The summed E-state index contributed by atoms with van der Waals surface area (Å²) in [5.74, 6) is 1.16. The second kappa shape index (κ2) is 4.83. The van der Waals surface area contributed by atoms with E-state index in [4.69, 9.17) is 5.73 Å². The Balaban J connectivity index is 0.000000810. The lowest BCUT2D eigenvalue weighted by molar-refractivity contribution is 1.15. The molecule has 10 heavy (non-hydrogen) atoms. The van der Waals surface area contributed by atoms with Crippen molar-refractivity contribution in [2.45, 2.75) is 6.92 Å². The molecular weight excluding hydrogens is 166 g/mol. The van der Waals surface area contributed by atoms with Gasteiger partial charge in [-0.1, -0.05) is 12.2 Å². The van der Waals surface area contributed by atoms with Crippen LogP contribution >= 0.6 is 23.3 Å². The number of thiol groups is 1. The Bertz CT molecular complexity index is 154. The van der Waals surface area contributed by atoms with Crippen LogP contribution in [0.4, 0.5) is 0 Å². The molecule has 1 unspecified atom stereocenters. The molecule has 1 heterocycles. The van der Waals surface area contributed by atoms with Gasteiger partial charge in [-0.3, -0.25) is 0 Å². The highest BCUT2D eigenvalue weighted by Crippen LogP contribution is 2.39. The van der Waals surface area contributed by atoms with Crippen molar-refractivity contribution in [1.29, 1.82) is 0 Å². The van der Waals surface area contributed by atoms with Crippen LogP contribution in [0.5, 0.6) is 0 Å². The summed E-state index contributed by atoms with van der Waals surface area (Å²) in [6.45, 7) is 3.00. The fourth-order valence-corrected chi connectivity index (χ4v) is 2.48. The minimum absolute atomic E-state index is 0. The maximum Gasteiger partial charge on any atom is 0.000293 e. The molecule has 0 aromatic carbocycles. The highest BCUT2D eigenvalue weighted by Gasteiger charge is 2.03. The predicted molar refractivity (Wildman–Crippen MR) is 53.1 cm³/mol. The maximum atomic E-state index is 5.43. The molecule has 0 spiro atoms.